The minimum atomic E-state index is -4.50. The molecular weight excluding hydrogens is 439 g/mol. The number of nitrogens with zero attached hydrogens (tertiary/aromatic N) is 2. The van der Waals surface area contributed by atoms with Crippen LogP contribution in [0.2, 0.25) is 0 Å². The summed E-state index contributed by atoms with van der Waals surface area (Å²) < 4.78 is 68.2. The van der Waals surface area contributed by atoms with Gasteiger partial charge in [0.1, 0.15) is 0 Å². The first kappa shape index (κ1) is 22.7. The quantitative estimate of drug-likeness (QED) is 0.228. The monoisotopic (exact) mass is 454 g/mol. The van der Waals surface area contributed by atoms with Gasteiger partial charge in [-0.05, 0) is 19.1 Å². The van der Waals surface area contributed by atoms with E-state index in [1.807, 2.05) is 0 Å². The Labute approximate surface area is 177 Å². The highest BCUT2D eigenvalue weighted by atomic mass is 19.4. The lowest BCUT2D eigenvalue weighted by atomic mass is 10.2. The van der Waals surface area contributed by atoms with Crippen LogP contribution < -0.4 is 15.4 Å². The molecule has 0 aliphatic heterocycles. The number of ether oxygens (including phenoxy) is 1. The van der Waals surface area contributed by atoms with Crippen molar-refractivity contribution in [2.75, 3.05) is 17.2 Å². The lowest BCUT2D eigenvalue weighted by Gasteiger charge is -2.11. The van der Waals surface area contributed by atoms with Crippen molar-refractivity contribution in [2.45, 2.75) is 13.1 Å². The zero-order valence-electron chi connectivity index (χ0n) is 16.3. The normalized spacial score (nSPS) is 12.0. The summed E-state index contributed by atoms with van der Waals surface area (Å²) in [5.74, 6) is -3.18. The van der Waals surface area contributed by atoms with Crippen LogP contribution in [0.25, 0.3) is 10.9 Å². The zero-order chi connectivity index (χ0) is 23.5. The molecular formula is C19H15F5N6O2. The minimum Gasteiger partial charge on any atom is -0.468 e. The van der Waals surface area contributed by atoms with Gasteiger partial charge in [-0.15, -0.1) is 0 Å². The van der Waals surface area contributed by atoms with Crippen LogP contribution in [0.15, 0.2) is 47.6 Å². The molecule has 2 aromatic heterocycles. The van der Waals surface area contributed by atoms with Crippen LogP contribution in [0.1, 0.15) is 5.56 Å². The third kappa shape index (κ3) is 5.36. The summed E-state index contributed by atoms with van der Waals surface area (Å²) in [6.45, 7) is -0.00496. The van der Waals surface area contributed by atoms with Gasteiger partial charge in [-0.25, -0.2) is 19.3 Å². The molecule has 0 fully saturated rings. The number of aryl methyl sites for hydroxylation is 1. The molecule has 1 aromatic carbocycles. The van der Waals surface area contributed by atoms with Crippen molar-refractivity contribution in [1.82, 2.24) is 9.97 Å². The number of nitrogens with one attached hydrogen (secondary N) is 4. The van der Waals surface area contributed by atoms with Crippen molar-refractivity contribution >= 4 is 28.2 Å². The fourth-order valence-electron chi connectivity index (χ4n) is 2.65. The number of aromatic amines is 1. The van der Waals surface area contributed by atoms with Crippen molar-refractivity contribution < 1.29 is 31.5 Å². The largest absolute Gasteiger partial charge is 0.468 e. The maximum Gasteiger partial charge on any atom is 0.422 e. The van der Waals surface area contributed by atoms with Gasteiger partial charge in [-0.1, -0.05) is 0 Å². The van der Waals surface area contributed by atoms with Gasteiger partial charge < -0.3 is 20.4 Å². The summed E-state index contributed by atoms with van der Waals surface area (Å²) in [7, 11) is 0. The molecule has 8 nitrogen and oxygen atoms in total. The Morgan fingerprint density at radius 1 is 1.28 bits per heavy atom. The lowest BCUT2D eigenvalue weighted by Crippen LogP contribution is -2.20. The number of pyridine rings is 1. The predicted octanol–water partition coefficient (Wildman–Crippen LogP) is 5.01. The summed E-state index contributed by atoms with van der Waals surface area (Å²) in [5.41, 5.74) is 7.80. The van der Waals surface area contributed by atoms with E-state index < -0.39 is 30.3 Å². The molecule has 0 saturated heterocycles. The summed E-state index contributed by atoms with van der Waals surface area (Å²) in [6.07, 6.45) is -0.935. The first-order chi connectivity index (χ1) is 15.1. The highest BCUT2D eigenvalue weighted by molar-refractivity contribution is 6.08. The number of hydrogen-bond acceptors (Lipinski definition) is 6. The second-order valence-electron chi connectivity index (χ2n) is 6.50. The van der Waals surface area contributed by atoms with Crippen molar-refractivity contribution in [3.8, 4) is 5.88 Å². The number of halogens is 5. The van der Waals surface area contributed by atoms with E-state index in [2.05, 4.69) is 30.5 Å². The van der Waals surface area contributed by atoms with E-state index in [9.17, 15) is 26.7 Å². The molecule has 0 atom stereocenters. The maximum atomic E-state index is 13.5. The van der Waals surface area contributed by atoms with Gasteiger partial charge >= 0.3 is 6.18 Å². The number of H-pyrrole nitrogens is 1. The molecule has 1 amide bonds. The maximum absolute atomic E-state index is 13.5. The molecule has 0 spiro atoms. The van der Waals surface area contributed by atoms with Crippen LogP contribution in [-0.2, 0) is 4.79 Å². The second-order valence-corrected chi connectivity index (χ2v) is 6.50. The zero-order valence-corrected chi connectivity index (χ0v) is 16.3. The number of hydrogen-bond donors (Lipinski definition) is 4. The van der Waals surface area contributed by atoms with Crippen molar-refractivity contribution in [3.05, 3.63) is 59.7 Å². The first-order valence-electron chi connectivity index (χ1n) is 8.85. The van der Waals surface area contributed by atoms with Crippen molar-refractivity contribution in [3.63, 3.8) is 0 Å². The van der Waals surface area contributed by atoms with Gasteiger partial charge in [0.25, 0.3) is 5.91 Å². The Bertz CT molecular complexity index is 1200. The molecule has 0 radical (unpaired) electrons. The lowest BCUT2D eigenvalue weighted by molar-refractivity contribution is -0.154. The van der Waals surface area contributed by atoms with E-state index in [1.165, 1.54) is 25.4 Å². The number of fused-ring (bicyclic) bond motifs is 1. The number of carbonyl (C=O) groups is 1. The number of amides is 1. The van der Waals surface area contributed by atoms with E-state index in [0.717, 1.165) is 18.3 Å². The summed E-state index contributed by atoms with van der Waals surface area (Å²) in [6, 6.07) is 3.27. The van der Waals surface area contributed by atoms with E-state index >= 15 is 0 Å². The van der Waals surface area contributed by atoms with E-state index in [1.54, 1.807) is 0 Å². The number of alkyl halides is 3. The summed E-state index contributed by atoms with van der Waals surface area (Å²) >= 11 is 0. The van der Waals surface area contributed by atoms with Crippen LogP contribution in [0, 0.1) is 24.1 Å². The molecule has 3 rings (SSSR count). The molecule has 4 N–H and O–H groups in total. The molecule has 0 saturated carbocycles. The van der Waals surface area contributed by atoms with E-state index in [0.29, 0.717) is 11.3 Å². The third-order valence-electron chi connectivity index (χ3n) is 4.10. The van der Waals surface area contributed by atoms with Crippen molar-refractivity contribution in [2.24, 2.45) is 5.11 Å². The van der Waals surface area contributed by atoms with Gasteiger partial charge in [-0.2, -0.15) is 18.3 Å². The molecule has 13 heteroatoms. The average molecular weight is 454 g/mol. The topological polar surface area (TPSA) is 115 Å². The second kappa shape index (κ2) is 8.99. The molecule has 3 aromatic rings. The fourth-order valence-corrected chi connectivity index (χ4v) is 2.65. The SMILES string of the molecule is Cc1cc(N/C=C(\N=N)C(=O)Nc2c[nH]c3cc(F)c(F)cc23)cnc1OCC(F)(F)F. The van der Waals surface area contributed by atoms with Gasteiger partial charge in [0.2, 0.25) is 5.88 Å². The Balaban J connectivity index is 1.71. The fraction of sp³-hybridized carbons (Fsp3) is 0.158. The van der Waals surface area contributed by atoms with Crippen LogP contribution in [0.5, 0.6) is 5.88 Å². The van der Waals surface area contributed by atoms with Gasteiger partial charge in [0, 0.05) is 29.4 Å². The number of aromatic nitrogens is 2. The van der Waals surface area contributed by atoms with E-state index in [4.69, 9.17) is 5.53 Å². The molecule has 2 heterocycles. The predicted molar refractivity (Wildman–Crippen MR) is 104 cm³/mol. The standard InChI is InChI=1S/C19H15F5N6O2/c1-9-2-10(5-28-18(9)32-8-19(22,23)24)26-7-16(30-25)17(31)29-15-6-27-14-4-13(21)12(20)3-11(14)15/h2-7,25-27H,8H2,1H3,(H,29,31)/b16-7-,30-25?. The molecule has 0 unspecified atom stereocenters. The highest BCUT2D eigenvalue weighted by Crippen LogP contribution is 2.26. The average Bonchev–Trinajstić information content (AvgIpc) is 3.08. The minimum absolute atomic E-state index is 0.141. The van der Waals surface area contributed by atoms with Gasteiger partial charge in [-0.3, -0.25) is 4.79 Å². The van der Waals surface area contributed by atoms with Crippen LogP contribution >= 0.6 is 0 Å². The summed E-state index contributed by atoms with van der Waals surface area (Å²) in [5, 5.41) is 8.41. The molecule has 168 valence electrons. The first-order valence-corrected chi connectivity index (χ1v) is 8.85. The molecule has 0 aliphatic rings. The third-order valence-corrected chi connectivity index (χ3v) is 4.10. The van der Waals surface area contributed by atoms with Gasteiger partial charge in [0.15, 0.2) is 23.9 Å². The smallest absolute Gasteiger partial charge is 0.422 e. The van der Waals surface area contributed by atoms with E-state index in [-0.39, 0.29) is 28.2 Å². The van der Waals surface area contributed by atoms with Crippen LogP contribution in [0.4, 0.5) is 33.3 Å². The van der Waals surface area contributed by atoms with Crippen molar-refractivity contribution in [1.29, 1.82) is 5.53 Å². The number of anilines is 2. The summed E-state index contributed by atoms with van der Waals surface area (Å²) in [4.78, 5) is 18.9. The molecule has 0 bridgehead atoms. The number of carbonyl (C=O) groups excluding carboxylic acids is 1. The molecule has 0 aliphatic carbocycles. The van der Waals surface area contributed by atoms with Crippen LogP contribution in [0.3, 0.4) is 0 Å². The molecule has 32 heavy (non-hydrogen) atoms. The Hall–Kier alpha value is -4.03. The van der Waals surface area contributed by atoms with Crippen LogP contribution in [-0.4, -0.2) is 28.7 Å². The number of rotatable bonds is 7. The Kier molecular flexibility index (Phi) is 6.37. The van der Waals surface area contributed by atoms with Gasteiger partial charge in [0.05, 0.1) is 23.1 Å². The highest BCUT2D eigenvalue weighted by Gasteiger charge is 2.29. The Morgan fingerprint density at radius 3 is 2.66 bits per heavy atom. The Morgan fingerprint density at radius 2 is 2.00 bits per heavy atom. The number of benzene rings is 1.